The Balaban J connectivity index is 2.54. The summed E-state index contributed by atoms with van der Waals surface area (Å²) in [5.74, 6) is -0.400. The number of esters is 1. The average molecular weight is 205 g/mol. The van der Waals surface area contributed by atoms with Crippen LogP contribution in [0.1, 0.15) is 23.0 Å². The first-order valence-corrected chi connectivity index (χ1v) is 4.70. The molecule has 0 aromatic carbocycles. The first kappa shape index (κ1) is 9.64. The van der Waals surface area contributed by atoms with Gasteiger partial charge < -0.3 is 4.74 Å². The van der Waals surface area contributed by atoms with E-state index in [-0.39, 0.29) is 0 Å². The number of hydrogen-bond acceptors (Lipinski definition) is 4. The summed E-state index contributed by atoms with van der Waals surface area (Å²) in [5, 5.41) is 4.06. The number of carbonyl (C=O) groups is 1. The molecule has 15 heavy (non-hydrogen) atoms. The second kappa shape index (κ2) is 3.68. The number of nitrogens with zero attached hydrogens (tertiary/aromatic N) is 3. The van der Waals surface area contributed by atoms with Gasteiger partial charge in [-0.1, -0.05) is 0 Å². The molecule has 0 saturated heterocycles. The monoisotopic (exact) mass is 205 g/mol. The van der Waals surface area contributed by atoms with Crippen LogP contribution >= 0.6 is 0 Å². The number of carbonyl (C=O) groups excluding carboxylic acids is 1. The summed E-state index contributed by atoms with van der Waals surface area (Å²) >= 11 is 0. The van der Waals surface area contributed by atoms with Gasteiger partial charge in [-0.2, -0.15) is 5.10 Å². The van der Waals surface area contributed by atoms with Gasteiger partial charge in [0.05, 0.1) is 12.8 Å². The zero-order valence-corrected chi connectivity index (χ0v) is 8.60. The summed E-state index contributed by atoms with van der Waals surface area (Å²) in [4.78, 5) is 15.6. The zero-order chi connectivity index (χ0) is 10.8. The fourth-order valence-electron chi connectivity index (χ4n) is 1.36. The highest BCUT2D eigenvalue weighted by Crippen LogP contribution is 2.09. The number of aromatic nitrogens is 3. The second-order valence-corrected chi connectivity index (χ2v) is 3.11. The minimum Gasteiger partial charge on any atom is -0.461 e. The molecule has 0 aliphatic heterocycles. The Labute approximate surface area is 86.7 Å². The summed E-state index contributed by atoms with van der Waals surface area (Å²) in [6.07, 6.45) is 3.11. The maximum atomic E-state index is 11.5. The fourth-order valence-corrected chi connectivity index (χ4v) is 1.36. The largest absolute Gasteiger partial charge is 0.461 e. The van der Waals surface area contributed by atoms with Crippen LogP contribution in [0.2, 0.25) is 0 Å². The molecule has 5 heteroatoms. The SMILES string of the molecule is CCOC(=O)c1cnc2c(C)ccnn12. The van der Waals surface area contributed by atoms with Crippen molar-refractivity contribution >= 4 is 11.6 Å². The second-order valence-electron chi connectivity index (χ2n) is 3.11. The predicted octanol–water partition coefficient (Wildman–Crippen LogP) is 1.21. The third-order valence-corrected chi connectivity index (χ3v) is 2.08. The lowest BCUT2D eigenvalue weighted by Gasteiger charge is -2.00. The van der Waals surface area contributed by atoms with E-state index in [1.807, 2.05) is 13.0 Å². The van der Waals surface area contributed by atoms with Gasteiger partial charge in [0, 0.05) is 6.20 Å². The molecule has 0 N–H and O–H groups in total. The Morgan fingerprint density at radius 3 is 3.13 bits per heavy atom. The lowest BCUT2D eigenvalue weighted by molar-refractivity contribution is 0.0516. The third kappa shape index (κ3) is 1.56. The molecule has 0 atom stereocenters. The summed E-state index contributed by atoms with van der Waals surface area (Å²) in [6, 6.07) is 1.84. The number of aryl methyl sites for hydroxylation is 1. The molecular formula is C10H11N3O2. The Kier molecular flexibility index (Phi) is 2.37. The third-order valence-electron chi connectivity index (χ3n) is 2.08. The molecule has 0 unspecified atom stereocenters. The summed E-state index contributed by atoms with van der Waals surface area (Å²) < 4.78 is 6.39. The fraction of sp³-hybridized carbons (Fsp3) is 0.300. The first-order valence-electron chi connectivity index (χ1n) is 4.70. The number of imidazole rings is 1. The Hall–Kier alpha value is -1.91. The Bertz CT molecular complexity index is 504. The van der Waals surface area contributed by atoms with E-state index in [4.69, 9.17) is 4.74 Å². The number of hydrogen-bond donors (Lipinski definition) is 0. The quantitative estimate of drug-likeness (QED) is 0.691. The normalized spacial score (nSPS) is 10.5. The van der Waals surface area contributed by atoms with Gasteiger partial charge in [0.2, 0.25) is 0 Å². The molecular weight excluding hydrogens is 194 g/mol. The number of fused-ring (bicyclic) bond motifs is 1. The minimum atomic E-state index is -0.400. The van der Waals surface area contributed by atoms with Crippen molar-refractivity contribution in [2.45, 2.75) is 13.8 Å². The van der Waals surface area contributed by atoms with E-state index < -0.39 is 5.97 Å². The van der Waals surface area contributed by atoms with Gasteiger partial charge in [-0.3, -0.25) is 0 Å². The minimum absolute atomic E-state index is 0.345. The van der Waals surface area contributed by atoms with Crippen LogP contribution < -0.4 is 0 Å². The van der Waals surface area contributed by atoms with Gasteiger partial charge in [-0.25, -0.2) is 14.3 Å². The van der Waals surface area contributed by atoms with Gasteiger partial charge in [0.25, 0.3) is 0 Å². The van der Waals surface area contributed by atoms with Gasteiger partial charge in [0.1, 0.15) is 0 Å². The molecule has 2 aromatic rings. The molecule has 0 fully saturated rings. The first-order chi connectivity index (χ1) is 7.24. The highest BCUT2D eigenvalue weighted by molar-refractivity contribution is 5.88. The van der Waals surface area contributed by atoms with E-state index in [9.17, 15) is 4.79 Å². The number of ether oxygens (including phenoxy) is 1. The highest BCUT2D eigenvalue weighted by Gasteiger charge is 2.14. The van der Waals surface area contributed by atoms with E-state index in [1.54, 1.807) is 13.1 Å². The van der Waals surface area contributed by atoms with Crippen LogP contribution in [0.4, 0.5) is 0 Å². The van der Waals surface area contributed by atoms with Gasteiger partial charge in [-0.15, -0.1) is 0 Å². The van der Waals surface area contributed by atoms with Crippen LogP contribution in [-0.4, -0.2) is 27.2 Å². The smallest absolute Gasteiger partial charge is 0.358 e. The topological polar surface area (TPSA) is 56.5 Å². The van der Waals surface area contributed by atoms with Crippen molar-refractivity contribution in [3.8, 4) is 0 Å². The van der Waals surface area contributed by atoms with E-state index in [0.717, 1.165) is 5.56 Å². The molecule has 0 aliphatic rings. The van der Waals surface area contributed by atoms with E-state index in [0.29, 0.717) is 17.9 Å². The molecule has 0 bridgehead atoms. The van der Waals surface area contributed by atoms with Gasteiger partial charge >= 0.3 is 5.97 Å². The van der Waals surface area contributed by atoms with Crippen LogP contribution in [0.15, 0.2) is 18.5 Å². The summed E-state index contributed by atoms with van der Waals surface area (Å²) in [6.45, 7) is 4.02. The molecule has 0 spiro atoms. The van der Waals surface area contributed by atoms with Crippen molar-refractivity contribution in [3.63, 3.8) is 0 Å². The molecule has 5 nitrogen and oxygen atoms in total. The molecule has 0 amide bonds. The molecule has 0 saturated carbocycles. The molecule has 0 aliphatic carbocycles. The number of rotatable bonds is 2. The van der Waals surface area contributed by atoms with Crippen LogP contribution in [0.25, 0.3) is 5.65 Å². The van der Waals surface area contributed by atoms with Crippen molar-refractivity contribution < 1.29 is 9.53 Å². The van der Waals surface area contributed by atoms with Crippen molar-refractivity contribution in [2.24, 2.45) is 0 Å². The van der Waals surface area contributed by atoms with Gasteiger partial charge in [-0.05, 0) is 25.5 Å². The summed E-state index contributed by atoms with van der Waals surface area (Å²) in [5.41, 5.74) is 2.01. The van der Waals surface area contributed by atoms with Crippen molar-refractivity contribution in [3.05, 3.63) is 29.7 Å². The van der Waals surface area contributed by atoms with Crippen LogP contribution in [-0.2, 0) is 4.74 Å². The van der Waals surface area contributed by atoms with Crippen LogP contribution in [0, 0.1) is 6.92 Å². The lowest BCUT2D eigenvalue weighted by atomic mass is 10.3. The average Bonchev–Trinajstić information content (AvgIpc) is 2.63. The van der Waals surface area contributed by atoms with Crippen molar-refractivity contribution in [1.82, 2.24) is 14.6 Å². The lowest BCUT2D eigenvalue weighted by Crippen LogP contribution is -2.09. The molecule has 0 radical (unpaired) electrons. The van der Waals surface area contributed by atoms with Crippen LogP contribution in [0.3, 0.4) is 0 Å². The van der Waals surface area contributed by atoms with E-state index in [2.05, 4.69) is 10.1 Å². The maximum absolute atomic E-state index is 11.5. The standard InChI is InChI=1S/C10H11N3O2/c1-3-15-10(14)8-6-11-9-7(2)4-5-12-13(8)9/h4-6H,3H2,1-2H3. The predicted molar refractivity (Wildman–Crippen MR) is 53.7 cm³/mol. The van der Waals surface area contributed by atoms with E-state index in [1.165, 1.54) is 10.7 Å². The zero-order valence-electron chi connectivity index (χ0n) is 8.60. The maximum Gasteiger partial charge on any atom is 0.358 e. The summed E-state index contributed by atoms with van der Waals surface area (Å²) in [7, 11) is 0. The van der Waals surface area contributed by atoms with Crippen LogP contribution in [0.5, 0.6) is 0 Å². The molecule has 2 aromatic heterocycles. The molecule has 78 valence electrons. The van der Waals surface area contributed by atoms with E-state index >= 15 is 0 Å². The highest BCUT2D eigenvalue weighted by atomic mass is 16.5. The van der Waals surface area contributed by atoms with Crippen molar-refractivity contribution in [1.29, 1.82) is 0 Å². The van der Waals surface area contributed by atoms with Crippen molar-refractivity contribution in [2.75, 3.05) is 6.61 Å². The molecule has 2 heterocycles. The van der Waals surface area contributed by atoms with Gasteiger partial charge in [0.15, 0.2) is 11.3 Å². The Morgan fingerprint density at radius 2 is 2.40 bits per heavy atom. The molecule has 2 rings (SSSR count). The Morgan fingerprint density at radius 1 is 1.60 bits per heavy atom.